The molecule has 1 rings (SSSR count). The SMILES string of the molecule is CN(CCC#N)C(=O)CSc1n[nH]c(=O)n1C. The van der Waals surface area contributed by atoms with E-state index in [0.29, 0.717) is 18.1 Å². The predicted octanol–water partition coefficient (Wildman–Crippen LogP) is -0.427. The minimum absolute atomic E-state index is 0.0966. The molecule has 0 saturated heterocycles. The molecule has 1 aromatic heterocycles. The summed E-state index contributed by atoms with van der Waals surface area (Å²) in [6.07, 6.45) is 0.313. The predicted molar refractivity (Wildman–Crippen MR) is 62.4 cm³/mol. The first-order valence-corrected chi connectivity index (χ1v) is 5.90. The third kappa shape index (κ3) is 3.64. The molecule has 0 bridgehead atoms. The van der Waals surface area contributed by atoms with Crippen molar-refractivity contribution >= 4 is 17.7 Å². The van der Waals surface area contributed by atoms with Crippen LogP contribution in [0.4, 0.5) is 0 Å². The van der Waals surface area contributed by atoms with Gasteiger partial charge in [-0.05, 0) is 0 Å². The van der Waals surface area contributed by atoms with Crippen LogP contribution in [0.3, 0.4) is 0 Å². The first kappa shape index (κ1) is 13.3. The molecule has 0 aromatic carbocycles. The fourth-order valence-corrected chi connectivity index (χ4v) is 1.90. The highest BCUT2D eigenvalue weighted by atomic mass is 32.2. The number of thioether (sulfide) groups is 1. The van der Waals surface area contributed by atoms with E-state index in [0.717, 1.165) is 0 Å². The Labute approximate surface area is 102 Å². The minimum atomic E-state index is -0.308. The molecule has 0 unspecified atom stereocenters. The van der Waals surface area contributed by atoms with E-state index in [1.54, 1.807) is 14.1 Å². The molecule has 7 nitrogen and oxygen atoms in total. The highest BCUT2D eigenvalue weighted by Gasteiger charge is 2.11. The summed E-state index contributed by atoms with van der Waals surface area (Å²) in [5, 5.41) is 14.9. The second-order valence-corrected chi connectivity index (χ2v) is 4.32. The van der Waals surface area contributed by atoms with Crippen molar-refractivity contribution in [3.8, 4) is 6.07 Å². The summed E-state index contributed by atoms with van der Waals surface area (Å²) in [5.41, 5.74) is -0.308. The average molecular weight is 255 g/mol. The third-order valence-electron chi connectivity index (χ3n) is 2.15. The first-order valence-electron chi connectivity index (χ1n) is 4.91. The number of aromatic amines is 1. The van der Waals surface area contributed by atoms with Crippen molar-refractivity contribution in [3.05, 3.63) is 10.5 Å². The number of carbonyl (C=O) groups is 1. The molecule has 0 atom stereocenters. The highest BCUT2D eigenvalue weighted by molar-refractivity contribution is 7.99. The Morgan fingerprint density at radius 3 is 2.94 bits per heavy atom. The standard InChI is InChI=1S/C9H13N5O2S/c1-13(5-3-4-10)7(15)6-17-9-12-11-8(16)14(9)2/h3,5-6H2,1-2H3,(H,11,16). The van der Waals surface area contributed by atoms with Crippen molar-refractivity contribution in [3.63, 3.8) is 0 Å². The van der Waals surface area contributed by atoms with Crippen molar-refractivity contribution in [1.82, 2.24) is 19.7 Å². The van der Waals surface area contributed by atoms with E-state index in [-0.39, 0.29) is 17.3 Å². The number of nitrogens with one attached hydrogen (secondary N) is 1. The normalized spacial score (nSPS) is 9.94. The van der Waals surface area contributed by atoms with Crippen LogP contribution in [0.25, 0.3) is 0 Å². The number of carbonyl (C=O) groups excluding carboxylic acids is 1. The lowest BCUT2D eigenvalue weighted by Gasteiger charge is -2.14. The van der Waals surface area contributed by atoms with Crippen LogP contribution in [0.5, 0.6) is 0 Å². The summed E-state index contributed by atoms with van der Waals surface area (Å²) in [4.78, 5) is 24.2. The van der Waals surface area contributed by atoms with Crippen molar-refractivity contribution in [2.75, 3.05) is 19.3 Å². The van der Waals surface area contributed by atoms with Crippen molar-refractivity contribution in [2.45, 2.75) is 11.6 Å². The number of aromatic nitrogens is 3. The van der Waals surface area contributed by atoms with E-state index in [9.17, 15) is 9.59 Å². The van der Waals surface area contributed by atoms with Crippen LogP contribution >= 0.6 is 11.8 Å². The number of rotatable bonds is 5. The number of amides is 1. The summed E-state index contributed by atoms with van der Waals surface area (Å²) in [7, 11) is 3.22. The first-order chi connectivity index (χ1) is 8.06. The van der Waals surface area contributed by atoms with Crippen LogP contribution in [0, 0.1) is 11.3 Å². The molecular weight excluding hydrogens is 242 g/mol. The van der Waals surface area contributed by atoms with Gasteiger partial charge in [-0.3, -0.25) is 9.36 Å². The van der Waals surface area contributed by atoms with E-state index < -0.39 is 0 Å². The van der Waals surface area contributed by atoms with Crippen molar-refractivity contribution in [1.29, 1.82) is 5.26 Å². The number of hydrogen-bond donors (Lipinski definition) is 1. The van der Waals surface area contributed by atoms with Gasteiger partial charge >= 0.3 is 5.69 Å². The monoisotopic (exact) mass is 255 g/mol. The van der Waals surface area contributed by atoms with E-state index in [2.05, 4.69) is 10.2 Å². The van der Waals surface area contributed by atoms with Gasteiger partial charge in [0.25, 0.3) is 0 Å². The third-order valence-corrected chi connectivity index (χ3v) is 3.16. The zero-order valence-electron chi connectivity index (χ0n) is 9.63. The van der Waals surface area contributed by atoms with Crippen LogP contribution in [-0.4, -0.2) is 44.9 Å². The maximum absolute atomic E-state index is 11.6. The zero-order valence-corrected chi connectivity index (χ0v) is 10.5. The topological polar surface area (TPSA) is 94.8 Å². The van der Waals surface area contributed by atoms with Gasteiger partial charge in [0, 0.05) is 20.6 Å². The van der Waals surface area contributed by atoms with Crippen molar-refractivity contribution in [2.24, 2.45) is 7.05 Å². The molecule has 1 amide bonds. The second-order valence-electron chi connectivity index (χ2n) is 3.38. The van der Waals surface area contributed by atoms with Crippen LogP contribution in [0.2, 0.25) is 0 Å². The van der Waals surface area contributed by atoms with Crippen LogP contribution in [0.1, 0.15) is 6.42 Å². The molecule has 17 heavy (non-hydrogen) atoms. The maximum Gasteiger partial charge on any atom is 0.343 e. The minimum Gasteiger partial charge on any atom is -0.344 e. The molecule has 0 radical (unpaired) electrons. The fourth-order valence-electron chi connectivity index (χ4n) is 1.04. The maximum atomic E-state index is 11.6. The smallest absolute Gasteiger partial charge is 0.343 e. The summed E-state index contributed by atoms with van der Waals surface area (Å²) < 4.78 is 1.34. The van der Waals surface area contributed by atoms with Crippen molar-refractivity contribution < 1.29 is 4.79 Å². The van der Waals surface area contributed by atoms with E-state index in [1.165, 1.54) is 21.2 Å². The Kier molecular flexibility index (Phi) is 4.78. The second kappa shape index (κ2) is 6.10. The highest BCUT2D eigenvalue weighted by Crippen LogP contribution is 2.12. The Balaban J connectivity index is 2.46. The van der Waals surface area contributed by atoms with Crippen LogP contribution in [-0.2, 0) is 11.8 Å². The molecule has 8 heteroatoms. The molecule has 1 heterocycles. The van der Waals surface area contributed by atoms with Gasteiger partial charge in [0.15, 0.2) is 5.16 Å². The summed E-state index contributed by atoms with van der Waals surface area (Å²) in [6.45, 7) is 0.412. The zero-order chi connectivity index (χ0) is 12.8. The van der Waals surface area contributed by atoms with E-state index >= 15 is 0 Å². The molecule has 1 aromatic rings. The Hall–Kier alpha value is -1.75. The summed E-state index contributed by atoms with van der Waals surface area (Å²) >= 11 is 1.18. The van der Waals surface area contributed by atoms with E-state index in [4.69, 9.17) is 5.26 Å². The molecule has 0 aliphatic heterocycles. The van der Waals surface area contributed by atoms with Gasteiger partial charge < -0.3 is 4.90 Å². The Morgan fingerprint density at radius 2 is 2.41 bits per heavy atom. The molecule has 0 aliphatic carbocycles. The molecule has 92 valence electrons. The lowest BCUT2D eigenvalue weighted by Crippen LogP contribution is -2.29. The quantitative estimate of drug-likeness (QED) is 0.720. The lowest BCUT2D eigenvalue weighted by atomic mass is 10.4. The van der Waals surface area contributed by atoms with E-state index in [1.807, 2.05) is 6.07 Å². The summed E-state index contributed by atoms with van der Waals surface area (Å²) in [6, 6.07) is 1.98. The lowest BCUT2D eigenvalue weighted by molar-refractivity contribution is -0.127. The molecule has 0 aliphatic rings. The number of nitrogens with zero attached hydrogens (tertiary/aromatic N) is 4. The molecular formula is C9H13N5O2S. The molecule has 0 saturated carbocycles. The Bertz CT molecular complexity index is 486. The fraction of sp³-hybridized carbons (Fsp3) is 0.556. The number of H-pyrrole nitrogens is 1. The van der Waals surface area contributed by atoms with Gasteiger partial charge in [-0.2, -0.15) is 5.26 Å². The average Bonchev–Trinajstić information content (AvgIpc) is 2.64. The van der Waals surface area contributed by atoms with Gasteiger partial charge in [-0.25, -0.2) is 9.89 Å². The largest absolute Gasteiger partial charge is 0.344 e. The van der Waals surface area contributed by atoms with Crippen LogP contribution in [0.15, 0.2) is 9.95 Å². The Morgan fingerprint density at radius 1 is 1.71 bits per heavy atom. The summed E-state index contributed by atoms with van der Waals surface area (Å²) in [5.74, 6) is 0.0979. The van der Waals surface area contributed by atoms with Gasteiger partial charge in [0.2, 0.25) is 5.91 Å². The van der Waals surface area contributed by atoms with Gasteiger partial charge in [-0.1, -0.05) is 11.8 Å². The van der Waals surface area contributed by atoms with Gasteiger partial charge in [-0.15, -0.1) is 5.10 Å². The molecule has 1 N–H and O–H groups in total. The molecule has 0 fully saturated rings. The molecule has 0 spiro atoms. The van der Waals surface area contributed by atoms with Crippen LogP contribution < -0.4 is 5.69 Å². The number of hydrogen-bond acceptors (Lipinski definition) is 5. The number of nitriles is 1. The van der Waals surface area contributed by atoms with Gasteiger partial charge in [0.1, 0.15) is 0 Å². The van der Waals surface area contributed by atoms with Gasteiger partial charge in [0.05, 0.1) is 18.2 Å².